The van der Waals surface area contributed by atoms with Gasteiger partial charge >= 0.3 is 5.97 Å². The van der Waals surface area contributed by atoms with Gasteiger partial charge in [-0.05, 0) is 69.1 Å². The fourth-order valence-corrected chi connectivity index (χ4v) is 5.05. The maximum absolute atomic E-state index is 12.4. The third kappa shape index (κ3) is 6.04. The maximum Gasteiger partial charge on any atom is 0.309 e. The van der Waals surface area contributed by atoms with Gasteiger partial charge in [0.2, 0.25) is 0 Å². The summed E-state index contributed by atoms with van der Waals surface area (Å²) in [5.41, 5.74) is 0. The zero-order chi connectivity index (χ0) is 16.8. The van der Waals surface area contributed by atoms with Crippen molar-refractivity contribution in [1.82, 2.24) is 0 Å². The number of hydrogen-bond acceptors (Lipinski definition) is 2. The summed E-state index contributed by atoms with van der Waals surface area (Å²) in [6.45, 7) is 2.31. The molecule has 3 aliphatic rings. The van der Waals surface area contributed by atoms with Crippen LogP contribution in [0.5, 0.6) is 0 Å². The fraction of sp³-hybridized carbons (Fsp3) is 0.909. The molecule has 140 valence electrons. The summed E-state index contributed by atoms with van der Waals surface area (Å²) in [5, 5.41) is 0. The van der Waals surface area contributed by atoms with Gasteiger partial charge in [0.1, 0.15) is 6.10 Å². The van der Waals surface area contributed by atoms with E-state index >= 15 is 0 Å². The molecule has 25 heavy (non-hydrogen) atoms. The van der Waals surface area contributed by atoms with E-state index in [1.165, 1.54) is 64.2 Å². The first kappa shape index (κ1) is 19.8. The van der Waals surface area contributed by atoms with Crippen molar-refractivity contribution in [3.05, 3.63) is 6.42 Å². The summed E-state index contributed by atoms with van der Waals surface area (Å²) in [7, 11) is 0. The normalized spacial score (nSPS) is 34.1. The van der Waals surface area contributed by atoms with Crippen molar-refractivity contribution in [3.63, 3.8) is 0 Å². The molecule has 0 radical (unpaired) electrons. The van der Waals surface area contributed by atoms with Gasteiger partial charge in [-0.25, -0.2) is 0 Å². The second-order valence-electron chi connectivity index (χ2n) is 8.92. The quantitative estimate of drug-likeness (QED) is 0.282. The molecule has 0 bridgehead atoms. The molecule has 0 aromatic carbocycles. The molecule has 0 heterocycles. The van der Waals surface area contributed by atoms with Gasteiger partial charge in [-0.1, -0.05) is 32.6 Å². The number of carbonyl (C=O) groups excluding carboxylic acids is 1. The van der Waals surface area contributed by atoms with Gasteiger partial charge in [-0.2, -0.15) is 12.8 Å². The molecule has 3 fully saturated rings. The molecule has 3 rings (SSSR count). The second kappa shape index (κ2) is 9.82. The second-order valence-corrected chi connectivity index (χ2v) is 8.92. The topological polar surface area (TPSA) is 26.3 Å². The zero-order valence-corrected chi connectivity index (χ0v) is 22.8. The first-order valence-corrected chi connectivity index (χ1v) is 10.7. The van der Waals surface area contributed by atoms with Crippen LogP contribution in [0, 0.1) is 30.1 Å². The number of esters is 1. The van der Waals surface area contributed by atoms with Crippen LogP contribution in [0.4, 0.5) is 0 Å². The van der Waals surface area contributed by atoms with E-state index in [0.717, 1.165) is 43.4 Å². The zero-order valence-electron chi connectivity index (χ0n) is 16.4. The van der Waals surface area contributed by atoms with Crippen LogP contribution in [0.1, 0.15) is 96.8 Å². The van der Waals surface area contributed by atoms with Crippen LogP contribution in [0.2, 0.25) is 0 Å². The Morgan fingerprint density at radius 3 is 2.00 bits per heavy atom. The smallest absolute Gasteiger partial charge is 0.309 e. The van der Waals surface area contributed by atoms with Crippen molar-refractivity contribution < 1.29 is 9.53 Å². The number of rotatable bonds is 5. The average molecular weight is 601 g/mol. The Morgan fingerprint density at radius 1 is 0.840 bits per heavy atom. The molecule has 0 aliphatic heterocycles. The Hall–Kier alpha value is -1.53. The van der Waals surface area contributed by atoms with Crippen molar-refractivity contribution in [2.75, 3.05) is 0 Å². The van der Waals surface area contributed by atoms with Gasteiger partial charge in [0, 0.05) is 0 Å². The molecule has 0 aromatic heterocycles. The van der Waals surface area contributed by atoms with Crippen molar-refractivity contribution in [3.8, 4) is 0 Å². The summed E-state index contributed by atoms with van der Waals surface area (Å²) in [6, 6.07) is 0. The Morgan fingerprint density at radius 2 is 1.40 bits per heavy atom. The molecule has 0 unspecified atom stereocenters. The van der Waals surface area contributed by atoms with Crippen molar-refractivity contribution in [2.45, 2.75) is 103 Å². The minimum atomic E-state index is 0. The van der Waals surface area contributed by atoms with Gasteiger partial charge < -0.3 is 11.2 Å². The fourth-order valence-electron chi connectivity index (χ4n) is 5.05. The Balaban J connectivity index is 0.00000225. The van der Waals surface area contributed by atoms with Crippen LogP contribution in [0.3, 0.4) is 0 Å². The Bertz CT molecular complexity index is 375. The van der Waals surface area contributed by atoms with Gasteiger partial charge in [0.25, 0.3) is 0 Å². The van der Waals surface area contributed by atoms with Crippen LogP contribution in [-0.4, -0.2) is 12.1 Å². The minimum Gasteiger partial charge on any atom is -0.462 e. The third-order valence-corrected chi connectivity index (χ3v) is 6.97. The number of hydrogen-bond donors (Lipinski definition) is 0. The van der Waals surface area contributed by atoms with Crippen LogP contribution >= 0.6 is 0 Å². The summed E-state index contributed by atoms with van der Waals surface area (Å²) < 4.78 is 5.83. The molecule has 0 N–H and O–H groups in total. The van der Waals surface area contributed by atoms with E-state index in [-0.39, 0.29) is 18.0 Å². The van der Waals surface area contributed by atoms with Crippen LogP contribution in [-0.2, 0) is 9.53 Å². The van der Waals surface area contributed by atoms with Crippen molar-refractivity contribution in [1.29, 1.82) is 0 Å². The Kier molecular flexibility index (Phi) is 7.78. The van der Waals surface area contributed by atoms with E-state index in [0.29, 0.717) is 0 Å². The van der Waals surface area contributed by atoms with E-state index in [4.69, 9.17) is 4.74 Å². The molecule has 0 spiro atoms. The van der Waals surface area contributed by atoms with Crippen LogP contribution in [0.25, 0.3) is 0 Å². The minimum absolute atomic E-state index is 0. The van der Waals surface area contributed by atoms with E-state index < -0.39 is 0 Å². The summed E-state index contributed by atoms with van der Waals surface area (Å²) in [6.07, 6.45) is 20.3. The molecular formula is C22H37O2Rf-. The van der Waals surface area contributed by atoms with E-state index in [9.17, 15) is 4.79 Å². The molecular weight excluding hydrogens is 563 g/mol. The molecule has 2 nitrogen and oxygen atoms in total. The monoisotopic (exact) mass is 600 g/mol. The van der Waals surface area contributed by atoms with Gasteiger partial charge in [0.05, 0.1) is 5.92 Å². The molecule has 3 aliphatic carbocycles. The predicted octanol–water partition coefficient (Wildman–Crippen LogP) is 6.09. The average Bonchev–Trinajstić information content (AvgIpc) is 2.63. The molecule has 3 saturated carbocycles. The standard InChI is InChI=1S/C22H37O2.Rf/c1-17-7-15-21(16-8-17)24-22(23)20-13-11-19(12-14-20)10-9-18-5-3-2-4-6-18;/h2,17-21H,3-16H2,1H3;/q-1;. The molecule has 0 saturated heterocycles. The van der Waals surface area contributed by atoms with Crippen molar-refractivity contribution >= 4 is 5.97 Å². The maximum atomic E-state index is 12.4. The molecule has 0 aromatic rings. The predicted molar refractivity (Wildman–Crippen MR) is 98.5 cm³/mol. The molecule has 3 heteroatoms. The summed E-state index contributed by atoms with van der Waals surface area (Å²) in [5.74, 6) is 2.99. The Labute approximate surface area is 149 Å². The van der Waals surface area contributed by atoms with Gasteiger partial charge in [-0.3, -0.25) is 4.79 Å². The first-order chi connectivity index (χ1) is 11.7. The van der Waals surface area contributed by atoms with Crippen LogP contribution < -0.4 is 0 Å². The third-order valence-electron chi connectivity index (χ3n) is 6.97. The number of carbonyl (C=O) groups is 1. The summed E-state index contributed by atoms with van der Waals surface area (Å²) >= 11 is 0. The largest absolute Gasteiger partial charge is 0.462 e. The van der Waals surface area contributed by atoms with Gasteiger partial charge in [0.15, 0.2) is 0 Å². The van der Waals surface area contributed by atoms with E-state index in [1.807, 2.05) is 0 Å². The SMILES string of the molecule is CC1CCC(OC(=O)C2CCC(CCC3CC[CH-]CC3)CC2)CC1.[Rf]. The van der Waals surface area contributed by atoms with E-state index in [2.05, 4.69) is 13.3 Å². The van der Waals surface area contributed by atoms with E-state index in [1.54, 1.807) is 0 Å². The number of ether oxygens (including phenoxy) is 1. The molecule has 0 atom stereocenters. The molecule has 0 amide bonds. The first-order valence-electron chi connectivity index (χ1n) is 10.7. The van der Waals surface area contributed by atoms with Crippen LogP contribution in [0.15, 0.2) is 0 Å². The van der Waals surface area contributed by atoms with Crippen molar-refractivity contribution in [2.24, 2.45) is 23.7 Å². The van der Waals surface area contributed by atoms with Gasteiger partial charge in [-0.15, -0.1) is 0 Å². The summed E-state index contributed by atoms with van der Waals surface area (Å²) in [4.78, 5) is 12.4.